The number of aliphatic carboxylic acids is 1. The molecule has 21 heavy (non-hydrogen) atoms. The lowest BCUT2D eigenvalue weighted by Gasteiger charge is -2.31. The summed E-state index contributed by atoms with van der Waals surface area (Å²) in [5, 5.41) is 8.57. The molecule has 1 unspecified atom stereocenters. The van der Waals surface area contributed by atoms with E-state index < -0.39 is 20.0 Å². The quantitative estimate of drug-likeness (QED) is 0.440. The van der Waals surface area contributed by atoms with Crippen LogP contribution in [0.5, 0.6) is 0 Å². The second-order valence-corrected chi connectivity index (χ2v) is 12.8. The average molecular weight is 312 g/mol. The first kappa shape index (κ1) is 17.9. The largest absolute Gasteiger partial charge is 0.478 e. The van der Waals surface area contributed by atoms with Gasteiger partial charge in [-0.25, -0.2) is 9.59 Å². The highest BCUT2D eigenvalue weighted by atomic mass is 28.3. The molecule has 0 saturated heterocycles. The van der Waals surface area contributed by atoms with Crippen molar-refractivity contribution in [1.29, 1.82) is 0 Å². The van der Waals surface area contributed by atoms with Crippen molar-refractivity contribution < 1.29 is 19.4 Å². The first-order valence-corrected chi connectivity index (χ1v) is 11.6. The Balaban J connectivity index is 2.62. The maximum absolute atomic E-state index is 11.8. The maximum Gasteiger partial charge on any atom is 0.331 e. The van der Waals surface area contributed by atoms with Crippen LogP contribution >= 0.6 is 0 Å². The van der Waals surface area contributed by atoms with Crippen molar-refractivity contribution in [3.8, 4) is 0 Å². The van der Waals surface area contributed by atoms with Crippen LogP contribution in [0.4, 0.5) is 0 Å². The second kappa shape index (κ2) is 8.37. The summed E-state index contributed by atoms with van der Waals surface area (Å²) in [5.74, 6) is -1.20. The minimum Gasteiger partial charge on any atom is -0.478 e. The van der Waals surface area contributed by atoms with E-state index in [1.807, 2.05) is 0 Å². The van der Waals surface area contributed by atoms with Crippen LogP contribution in [-0.4, -0.2) is 31.2 Å². The molecule has 1 aliphatic rings. The smallest absolute Gasteiger partial charge is 0.331 e. The number of hydrogen-bond donors (Lipinski definition) is 1. The molecule has 0 aliphatic heterocycles. The van der Waals surface area contributed by atoms with E-state index in [4.69, 9.17) is 9.84 Å². The molecule has 0 radical (unpaired) electrons. The third-order valence-corrected chi connectivity index (χ3v) is 5.77. The zero-order valence-corrected chi connectivity index (χ0v) is 14.4. The number of hydrogen-bond acceptors (Lipinski definition) is 3. The molecule has 1 atom stereocenters. The van der Waals surface area contributed by atoms with E-state index in [1.54, 1.807) is 0 Å². The molecule has 1 fully saturated rings. The topological polar surface area (TPSA) is 63.6 Å². The van der Waals surface area contributed by atoms with Gasteiger partial charge < -0.3 is 9.84 Å². The first-order valence-electron chi connectivity index (χ1n) is 7.89. The number of rotatable bonds is 7. The molecule has 4 nitrogen and oxygen atoms in total. The summed E-state index contributed by atoms with van der Waals surface area (Å²) in [6.45, 7) is 6.95. The Hall–Kier alpha value is -1.10. The summed E-state index contributed by atoms with van der Waals surface area (Å²) >= 11 is 0. The molecular weight excluding hydrogens is 284 g/mol. The minimum absolute atomic E-state index is 0.0528. The summed E-state index contributed by atoms with van der Waals surface area (Å²) in [5.41, 5.74) is 0. The molecule has 1 rings (SSSR count). The van der Waals surface area contributed by atoms with Gasteiger partial charge in [-0.15, -0.1) is 0 Å². The van der Waals surface area contributed by atoms with E-state index in [2.05, 4.69) is 19.6 Å². The van der Waals surface area contributed by atoms with Crippen LogP contribution in [0.3, 0.4) is 0 Å². The molecule has 0 spiro atoms. The number of carboxylic acids is 1. The molecule has 1 aliphatic carbocycles. The Morgan fingerprint density at radius 3 is 2.33 bits per heavy atom. The van der Waals surface area contributed by atoms with Gasteiger partial charge in [0.2, 0.25) is 0 Å². The predicted molar refractivity (Wildman–Crippen MR) is 86.0 cm³/mol. The fourth-order valence-corrected chi connectivity index (χ4v) is 3.95. The monoisotopic (exact) mass is 312 g/mol. The highest BCUT2D eigenvalue weighted by Crippen LogP contribution is 2.31. The fraction of sp³-hybridized carbons (Fsp3) is 0.750. The van der Waals surface area contributed by atoms with Crippen LogP contribution in [-0.2, 0) is 14.3 Å². The molecular formula is C16H28O4Si. The Morgan fingerprint density at radius 2 is 1.81 bits per heavy atom. The Labute approximate surface area is 128 Å². The van der Waals surface area contributed by atoms with Crippen molar-refractivity contribution in [1.82, 2.24) is 0 Å². The van der Waals surface area contributed by atoms with Crippen LogP contribution in [0.25, 0.3) is 0 Å². The lowest BCUT2D eigenvalue weighted by Crippen LogP contribution is -2.31. The van der Waals surface area contributed by atoms with Gasteiger partial charge in [0.25, 0.3) is 0 Å². The average Bonchev–Trinajstić information content (AvgIpc) is 2.41. The molecule has 0 aromatic heterocycles. The predicted octanol–water partition coefficient (Wildman–Crippen LogP) is 3.85. The van der Waals surface area contributed by atoms with Crippen molar-refractivity contribution in [3.63, 3.8) is 0 Å². The van der Waals surface area contributed by atoms with Gasteiger partial charge in [0.15, 0.2) is 0 Å². The lowest BCUT2D eigenvalue weighted by atomic mass is 9.84. The normalized spacial score (nSPS) is 18.6. The van der Waals surface area contributed by atoms with E-state index in [0.29, 0.717) is 5.92 Å². The molecule has 5 heteroatoms. The van der Waals surface area contributed by atoms with E-state index >= 15 is 0 Å². The highest BCUT2D eigenvalue weighted by Gasteiger charge is 2.28. The van der Waals surface area contributed by atoms with Crippen molar-refractivity contribution in [3.05, 3.63) is 12.2 Å². The van der Waals surface area contributed by atoms with Gasteiger partial charge in [0.05, 0.1) is 0 Å². The first-order chi connectivity index (χ1) is 9.78. The van der Waals surface area contributed by atoms with Crippen molar-refractivity contribution in [2.45, 2.75) is 70.3 Å². The number of ether oxygens (including phenoxy) is 1. The number of carboxylic acid groups (broad SMARTS) is 1. The summed E-state index contributed by atoms with van der Waals surface area (Å²) in [7, 11) is -1.17. The summed E-state index contributed by atoms with van der Waals surface area (Å²) in [6, 6.07) is 1.13. The maximum atomic E-state index is 11.8. The lowest BCUT2D eigenvalue weighted by molar-refractivity contribution is -0.147. The van der Waals surface area contributed by atoms with Crippen LogP contribution < -0.4 is 0 Å². The van der Waals surface area contributed by atoms with Crippen LogP contribution in [0.1, 0.15) is 38.5 Å². The third-order valence-electron chi connectivity index (χ3n) is 3.98. The molecule has 0 aromatic rings. The SMILES string of the molecule is C[Si](C)(C)CCC(OC(=O)/C=C/C(=O)O)C1CCCCC1. The van der Waals surface area contributed by atoms with E-state index in [0.717, 1.165) is 37.5 Å². The molecule has 0 heterocycles. The molecule has 1 saturated carbocycles. The van der Waals surface area contributed by atoms with Gasteiger partial charge >= 0.3 is 11.9 Å². The van der Waals surface area contributed by atoms with Gasteiger partial charge in [-0.2, -0.15) is 0 Å². The number of carbonyl (C=O) groups excluding carboxylic acids is 1. The third kappa shape index (κ3) is 8.04. The Morgan fingerprint density at radius 1 is 1.19 bits per heavy atom. The van der Waals surface area contributed by atoms with Gasteiger partial charge in [-0.3, -0.25) is 0 Å². The number of carbonyl (C=O) groups is 2. The zero-order chi connectivity index (χ0) is 15.9. The molecule has 1 N–H and O–H groups in total. The van der Waals surface area contributed by atoms with Crippen LogP contribution in [0.2, 0.25) is 25.7 Å². The van der Waals surface area contributed by atoms with Gasteiger partial charge in [-0.1, -0.05) is 44.9 Å². The summed E-state index contributed by atoms with van der Waals surface area (Å²) in [6.07, 6.45) is 8.64. The van der Waals surface area contributed by atoms with E-state index in [1.165, 1.54) is 19.3 Å². The zero-order valence-electron chi connectivity index (χ0n) is 13.4. The summed E-state index contributed by atoms with van der Waals surface area (Å²) in [4.78, 5) is 22.2. The van der Waals surface area contributed by atoms with Crippen molar-refractivity contribution in [2.75, 3.05) is 0 Å². The second-order valence-electron chi connectivity index (χ2n) is 7.14. The molecule has 120 valence electrons. The van der Waals surface area contributed by atoms with Gasteiger partial charge in [0.1, 0.15) is 6.10 Å². The molecule has 0 aromatic carbocycles. The van der Waals surface area contributed by atoms with Crippen LogP contribution in [0.15, 0.2) is 12.2 Å². The standard InChI is InChI=1S/C16H28O4Si/c1-21(2,3)12-11-14(13-7-5-4-6-8-13)20-16(19)10-9-15(17)18/h9-10,13-14H,4-8,11-12H2,1-3H3,(H,17,18)/b10-9+. The van der Waals surface area contributed by atoms with Gasteiger partial charge in [0, 0.05) is 20.2 Å². The Kier molecular flexibility index (Phi) is 7.15. The fourth-order valence-electron chi connectivity index (χ4n) is 2.80. The number of esters is 1. The molecule has 0 amide bonds. The minimum atomic E-state index is -1.17. The van der Waals surface area contributed by atoms with E-state index in [9.17, 15) is 9.59 Å². The van der Waals surface area contributed by atoms with Crippen molar-refractivity contribution in [2.24, 2.45) is 5.92 Å². The van der Waals surface area contributed by atoms with Crippen LogP contribution in [0, 0.1) is 5.92 Å². The Bertz CT molecular complexity index is 378. The summed E-state index contributed by atoms with van der Waals surface area (Å²) < 4.78 is 5.57. The van der Waals surface area contributed by atoms with Gasteiger partial charge in [-0.05, 0) is 25.2 Å². The molecule has 0 bridgehead atoms. The van der Waals surface area contributed by atoms with Crippen molar-refractivity contribution >= 4 is 20.0 Å². The van der Waals surface area contributed by atoms with E-state index in [-0.39, 0.29) is 6.10 Å². The highest BCUT2D eigenvalue weighted by molar-refractivity contribution is 6.76.